The summed E-state index contributed by atoms with van der Waals surface area (Å²) >= 11 is 0. The van der Waals surface area contributed by atoms with Gasteiger partial charge in [-0.25, -0.2) is 0 Å². The third kappa shape index (κ3) is 8.19. The Bertz CT molecular complexity index is 576. The summed E-state index contributed by atoms with van der Waals surface area (Å²) in [5.74, 6) is -0.301. The number of nitrogens with zero attached hydrogens (tertiary/aromatic N) is 1. The summed E-state index contributed by atoms with van der Waals surface area (Å²) in [6, 6.07) is 9.56. The van der Waals surface area contributed by atoms with E-state index in [0.717, 1.165) is 5.56 Å². The summed E-state index contributed by atoms with van der Waals surface area (Å²) in [6.45, 7) is 5.96. The van der Waals surface area contributed by atoms with Crippen LogP contribution in [0.4, 0.5) is 0 Å². The summed E-state index contributed by atoms with van der Waals surface area (Å²) in [5, 5.41) is 0. The zero-order valence-corrected chi connectivity index (χ0v) is 12.2. The number of rotatable bonds is 7. The number of hydrogen-bond donors (Lipinski definition) is 0. The van der Waals surface area contributed by atoms with Crippen molar-refractivity contribution in [3.05, 3.63) is 78.2 Å². The van der Waals surface area contributed by atoms with Crippen molar-refractivity contribution >= 4 is 12.2 Å². The predicted octanol–water partition coefficient (Wildman–Crippen LogP) is 3.99. The molecule has 0 atom stereocenters. The van der Waals surface area contributed by atoms with Gasteiger partial charge in [-0.3, -0.25) is 9.79 Å². The highest BCUT2D eigenvalue weighted by Crippen LogP contribution is 2.05. The fourth-order valence-corrected chi connectivity index (χ4v) is 1.41. The molecule has 0 spiro atoms. The summed E-state index contributed by atoms with van der Waals surface area (Å²) in [7, 11) is 0. The van der Waals surface area contributed by atoms with Crippen molar-refractivity contribution in [1.29, 1.82) is 0 Å². The molecule has 0 aliphatic rings. The topological polar surface area (TPSA) is 38.7 Å². The van der Waals surface area contributed by atoms with Crippen molar-refractivity contribution in [2.75, 3.05) is 0 Å². The Hall–Kier alpha value is -2.64. The highest BCUT2D eigenvalue weighted by atomic mass is 16.5. The number of carbonyl (C=O) groups is 1. The molecule has 0 aliphatic heterocycles. The van der Waals surface area contributed by atoms with Crippen molar-refractivity contribution in [1.82, 2.24) is 0 Å². The average Bonchev–Trinajstić information content (AvgIpc) is 2.50. The second-order valence-electron chi connectivity index (χ2n) is 4.24. The van der Waals surface area contributed by atoms with Crippen LogP contribution in [0.2, 0.25) is 0 Å². The van der Waals surface area contributed by atoms with E-state index < -0.39 is 0 Å². The average molecular weight is 281 g/mol. The minimum Gasteiger partial charge on any atom is -0.461 e. The Labute approximate surface area is 125 Å². The van der Waals surface area contributed by atoms with Gasteiger partial charge >= 0.3 is 5.97 Å². The van der Waals surface area contributed by atoms with E-state index in [2.05, 4.69) is 17.3 Å². The van der Waals surface area contributed by atoms with Crippen LogP contribution in [0.5, 0.6) is 0 Å². The largest absolute Gasteiger partial charge is 0.461 e. The number of ether oxygens (including phenoxy) is 1. The maximum atomic E-state index is 11.6. The zero-order chi connectivity index (χ0) is 15.3. The molecule has 1 rings (SSSR count). The number of benzene rings is 1. The summed E-state index contributed by atoms with van der Waals surface area (Å²) in [4.78, 5) is 15.6. The predicted molar refractivity (Wildman–Crippen MR) is 86.0 cm³/mol. The van der Waals surface area contributed by atoms with Gasteiger partial charge in [-0.2, -0.15) is 0 Å². The lowest BCUT2D eigenvalue weighted by Crippen LogP contribution is -2.04. The van der Waals surface area contributed by atoms with Crippen molar-refractivity contribution in [3.8, 4) is 0 Å². The second kappa shape index (κ2) is 10.2. The van der Waals surface area contributed by atoms with Gasteiger partial charge in [0, 0.05) is 12.4 Å². The Morgan fingerprint density at radius 3 is 2.86 bits per heavy atom. The molecule has 0 N–H and O–H groups in total. The highest BCUT2D eigenvalue weighted by Gasteiger charge is 2.03. The van der Waals surface area contributed by atoms with Gasteiger partial charge in [0.1, 0.15) is 6.61 Å². The second-order valence-corrected chi connectivity index (χ2v) is 4.24. The molecule has 0 aliphatic carbocycles. The van der Waals surface area contributed by atoms with Gasteiger partial charge in [0.2, 0.25) is 0 Å². The molecule has 21 heavy (non-hydrogen) atoms. The van der Waals surface area contributed by atoms with Gasteiger partial charge in [-0.05, 0) is 30.2 Å². The van der Waals surface area contributed by atoms with Crippen LogP contribution in [0, 0.1) is 0 Å². The molecule has 0 radical (unpaired) electrons. The normalized spacial score (nSPS) is 10.3. The fourth-order valence-electron chi connectivity index (χ4n) is 1.41. The lowest BCUT2D eigenvalue weighted by atomic mass is 10.2. The van der Waals surface area contributed by atoms with Crippen molar-refractivity contribution < 1.29 is 9.53 Å². The molecule has 3 heteroatoms. The molecular formula is C18H19NO2. The molecule has 1 aromatic rings. The number of esters is 1. The molecular weight excluding hydrogens is 262 g/mol. The van der Waals surface area contributed by atoms with E-state index in [1.54, 1.807) is 24.6 Å². The molecule has 0 amide bonds. The third-order valence-corrected chi connectivity index (χ3v) is 2.39. The Morgan fingerprint density at radius 1 is 1.38 bits per heavy atom. The Kier molecular flexibility index (Phi) is 7.96. The summed E-state index contributed by atoms with van der Waals surface area (Å²) in [6.07, 6.45) is 8.56. The molecule has 0 unspecified atom stereocenters. The Morgan fingerprint density at radius 2 is 2.14 bits per heavy atom. The SMILES string of the molecule is C=C(C=C=C/C=N/C=C\C)CC(=O)OCc1ccccc1. The van der Waals surface area contributed by atoms with E-state index in [9.17, 15) is 4.79 Å². The van der Waals surface area contributed by atoms with Crippen LogP contribution in [0.3, 0.4) is 0 Å². The van der Waals surface area contributed by atoms with Crippen LogP contribution in [0.15, 0.2) is 77.6 Å². The smallest absolute Gasteiger partial charge is 0.310 e. The monoisotopic (exact) mass is 281 g/mol. The molecule has 0 saturated heterocycles. The fraction of sp³-hybridized carbons (Fsp3) is 0.167. The molecule has 0 heterocycles. The number of allylic oxidation sites excluding steroid dienone is 2. The zero-order valence-electron chi connectivity index (χ0n) is 12.2. The lowest BCUT2D eigenvalue weighted by molar-refractivity contribution is -0.144. The van der Waals surface area contributed by atoms with E-state index >= 15 is 0 Å². The third-order valence-electron chi connectivity index (χ3n) is 2.39. The maximum Gasteiger partial charge on any atom is 0.310 e. The first-order valence-corrected chi connectivity index (χ1v) is 6.65. The molecule has 108 valence electrons. The van der Waals surface area contributed by atoms with Crippen molar-refractivity contribution in [2.45, 2.75) is 20.0 Å². The first-order valence-electron chi connectivity index (χ1n) is 6.65. The standard InChI is InChI=1S/C18H19NO2/c1-3-12-19-13-8-7-9-16(2)14-18(20)21-15-17-10-5-4-6-11-17/h3-6,8-13H,2,14-15H2,1H3/b12-3-,19-13+. The minimum atomic E-state index is -0.301. The summed E-state index contributed by atoms with van der Waals surface area (Å²) in [5.41, 5.74) is 4.49. The quantitative estimate of drug-likeness (QED) is 0.328. The van der Waals surface area contributed by atoms with Crippen LogP contribution in [-0.2, 0) is 16.1 Å². The molecule has 3 nitrogen and oxygen atoms in total. The maximum absolute atomic E-state index is 11.6. The van der Waals surface area contributed by atoms with E-state index in [-0.39, 0.29) is 19.0 Å². The van der Waals surface area contributed by atoms with Gasteiger partial charge in [0.05, 0.1) is 6.42 Å². The summed E-state index contributed by atoms with van der Waals surface area (Å²) < 4.78 is 5.16. The highest BCUT2D eigenvalue weighted by molar-refractivity contribution is 5.73. The van der Waals surface area contributed by atoms with E-state index in [1.807, 2.05) is 43.3 Å². The van der Waals surface area contributed by atoms with Crippen molar-refractivity contribution in [2.24, 2.45) is 4.99 Å². The first kappa shape index (κ1) is 16.4. The van der Waals surface area contributed by atoms with E-state index in [1.165, 1.54) is 0 Å². The molecule has 0 bridgehead atoms. The van der Waals surface area contributed by atoms with Crippen molar-refractivity contribution in [3.63, 3.8) is 0 Å². The number of carbonyl (C=O) groups excluding carboxylic acids is 1. The molecule has 0 aromatic heterocycles. The number of hydrogen-bond acceptors (Lipinski definition) is 3. The van der Waals surface area contributed by atoms with Gasteiger partial charge < -0.3 is 4.74 Å². The van der Waals surface area contributed by atoms with E-state index in [4.69, 9.17) is 4.74 Å². The first-order chi connectivity index (χ1) is 10.2. The molecule has 1 aromatic carbocycles. The van der Waals surface area contributed by atoms with Crippen LogP contribution in [0.25, 0.3) is 0 Å². The minimum absolute atomic E-state index is 0.152. The van der Waals surface area contributed by atoms with Crippen LogP contribution >= 0.6 is 0 Å². The molecule has 0 saturated carbocycles. The Balaban J connectivity index is 2.34. The van der Waals surface area contributed by atoms with Crippen LogP contribution in [0.1, 0.15) is 18.9 Å². The van der Waals surface area contributed by atoms with Gasteiger partial charge in [0.25, 0.3) is 0 Å². The molecule has 0 fully saturated rings. The van der Waals surface area contributed by atoms with Gasteiger partial charge in [0.15, 0.2) is 0 Å². The van der Waals surface area contributed by atoms with Gasteiger partial charge in [-0.1, -0.05) is 43.0 Å². The number of aliphatic imine (C=N–C) groups is 1. The van der Waals surface area contributed by atoms with E-state index in [0.29, 0.717) is 5.57 Å². The van der Waals surface area contributed by atoms with Crippen LogP contribution < -0.4 is 0 Å². The van der Waals surface area contributed by atoms with Crippen LogP contribution in [-0.4, -0.2) is 12.2 Å². The lowest BCUT2D eigenvalue weighted by Gasteiger charge is -2.04. The van der Waals surface area contributed by atoms with Gasteiger partial charge in [-0.15, -0.1) is 5.73 Å².